The number of rotatable bonds is 5. The van der Waals surface area contributed by atoms with Gasteiger partial charge in [-0.15, -0.1) is 0 Å². The molecule has 148 valence electrons. The molecule has 0 radical (unpaired) electrons. The Morgan fingerprint density at radius 3 is 2.41 bits per heavy atom. The molecule has 1 unspecified atom stereocenters. The molecular formula is C22H22N4O3. The molecule has 1 aliphatic heterocycles. The van der Waals surface area contributed by atoms with Crippen LogP contribution < -0.4 is 11.1 Å². The summed E-state index contributed by atoms with van der Waals surface area (Å²) in [6, 6.07) is 13.3. The van der Waals surface area contributed by atoms with Crippen molar-refractivity contribution in [3.8, 4) is 11.8 Å². The number of nitrogens with zero attached hydrogens (tertiary/aromatic N) is 1. The maximum atomic E-state index is 12.6. The van der Waals surface area contributed by atoms with E-state index in [1.807, 2.05) is 12.1 Å². The first kappa shape index (κ1) is 20.0. The topological polar surface area (TPSA) is 120 Å². The van der Waals surface area contributed by atoms with Crippen LogP contribution in [-0.2, 0) is 4.79 Å². The summed E-state index contributed by atoms with van der Waals surface area (Å²) in [4.78, 5) is 25.2. The molecule has 1 aliphatic rings. The standard InChI is InChI=1S/C22H22N4O3/c23-20(24)16-9-11-18(12-10-16)25-13-1-3-15-5-7-17(8-6-15)21(27)26-14-2-4-19(26)22(28)29/h5-12,19,25H,2,4,13-14H2,(H3,23,24)(H,28,29). The van der Waals surface area contributed by atoms with Crippen LogP contribution >= 0.6 is 0 Å². The van der Waals surface area contributed by atoms with Gasteiger partial charge in [-0.2, -0.15) is 0 Å². The van der Waals surface area contributed by atoms with Crippen molar-refractivity contribution in [2.24, 2.45) is 5.73 Å². The molecule has 0 bridgehead atoms. The predicted octanol–water partition coefficient (Wildman–Crippen LogP) is 2.12. The highest BCUT2D eigenvalue weighted by molar-refractivity contribution is 5.97. The van der Waals surface area contributed by atoms with Crippen LogP contribution in [0, 0.1) is 17.3 Å². The Kier molecular flexibility index (Phi) is 6.15. The molecule has 1 heterocycles. The Balaban J connectivity index is 1.56. The van der Waals surface area contributed by atoms with Crippen molar-refractivity contribution < 1.29 is 14.7 Å². The molecule has 29 heavy (non-hydrogen) atoms. The monoisotopic (exact) mass is 390 g/mol. The van der Waals surface area contributed by atoms with E-state index < -0.39 is 12.0 Å². The Morgan fingerprint density at radius 2 is 1.79 bits per heavy atom. The third-order valence-electron chi connectivity index (χ3n) is 4.74. The van der Waals surface area contributed by atoms with Crippen LogP contribution in [0.3, 0.4) is 0 Å². The molecule has 0 saturated carbocycles. The average molecular weight is 390 g/mol. The fourth-order valence-electron chi connectivity index (χ4n) is 3.19. The normalized spacial score (nSPS) is 15.3. The van der Waals surface area contributed by atoms with Gasteiger partial charge in [-0.1, -0.05) is 11.8 Å². The lowest BCUT2D eigenvalue weighted by atomic mass is 10.1. The lowest BCUT2D eigenvalue weighted by molar-refractivity contribution is -0.141. The molecule has 0 aliphatic carbocycles. The van der Waals surface area contributed by atoms with Gasteiger partial charge in [0.1, 0.15) is 11.9 Å². The minimum atomic E-state index is -0.957. The Morgan fingerprint density at radius 1 is 1.14 bits per heavy atom. The number of nitrogens with two attached hydrogens (primary N) is 1. The molecular weight excluding hydrogens is 368 g/mol. The zero-order chi connectivity index (χ0) is 20.8. The average Bonchev–Trinajstić information content (AvgIpc) is 3.22. The van der Waals surface area contributed by atoms with E-state index in [4.69, 9.17) is 11.1 Å². The number of amidine groups is 1. The number of carboxylic acid groups (broad SMARTS) is 1. The van der Waals surface area contributed by atoms with Crippen LogP contribution in [-0.4, -0.2) is 46.8 Å². The van der Waals surface area contributed by atoms with Gasteiger partial charge in [-0.25, -0.2) is 4.79 Å². The number of nitrogens with one attached hydrogen (secondary N) is 2. The summed E-state index contributed by atoms with van der Waals surface area (Å²) in [5, 5.41) is 19.8. The smallest absolute Gasteiger partial charge is 0.326 e. The second kappa shape index (κ2) is 8.93. The van der Waals surface area contributed by atoms with Crippen LogP contribution in [0.2, 0.25) is 0 Å². The third kappa shape index (κ3) is 4.93. The number of nitrogen functional groups attached to an aromatic ring is 1. The molecule has 5 N–H and O–H groups in total. The molecule has 2 aromatic rings. The first-order valence-corrected chi connectivity index (χ1v) is 9.27. The number of amides is 1. The highest BCUT2D eigenvalue weighted by Gasteiger charge is 2.34. The molecule has 3 rings (SSSR count). The van der Waals surface area contributed by atoms with E-state index in [0.29, 0.717) is 37.1 Å². The van der Waals surface area contributed by atoms with Gasteiger partial charge in [0.25, 0.3) is 5.91 Å². The van der Waals surface area contributed by atoms with Crippen molar-refractivity contribution in [3.63, 3.8) is 0 Å². The molecule has 1 atom stereocenters. The van der Waals surface area contributed by atoms with Gasteiger partial charge < -0.3 is 21.1 Å². The second-order valence-corrected chi connectivity index (χ2v) is 6.72. The van der Waals surface area contributed by atoms with Crippen molar-refractivity contribution in [1.82, 2.24) is 4.90 Å². The van der Waals surface area contributed by atoms with Gasteiger partial charge in [0.2, 0.25) is 0 Å². The Hall–Kier alpha value is -3.79. The van der Waals surface area contributed by atoms with E-state index in [9.17, 15) is 14.7 Å². The summed E-state index contributed by atoms with van der Waals surface area (Å²) >= 11 is 0. The first-order chi connectivity index (χ1) is 14.0. The zero-order valence-corrected chi connectivity index (χ0v) is 15.8. The lowest BCUT2D eigenvalue weighted by Gasteiger charge is -2.21. The number of anilines is 1. The molecule has 0 aromatic heterocycles. The Bertz CT molecular complexity index is 972. The molecule has 7 heteroatoms. The molecule has 1 amide bonds. The number of hydrogen-bond acceptors (Lipinski definition) is 4. The number of hydrogen-bond donors (Lipinski definition) is 4. The van der Waals surface area contributed by atoms with Crippen LogP contribution in [0.15, 0.2) is 48.5 Å². The van der Waals surface area contributed by atoms with Crippen LogP contribution in [0.1, 0.15) is 34.3 Å². The van der Waals surface area contributed by atoms with E-state index in [0.717, 1.165) is 11.3 Å². The van der Waals surface area contributed by atoms with Crippen LogP contribution in [0.5, 0.6) is 0 Å². The van der Waals surface area contributed by atoms with Gasteiger partial charge >= 0.3 is 5.97 Å². The zero-order valence-electron chi connectivity index (χ0n) is 15.8. The lowest BCUT2D eigenvalue weighted by Crippen LogP contribution is -2.40. The maximum absolute atomic E-state index is 12.6. The van der Waals surface area contributed by atoms with E-state index in [1.54, 1.807) is 36.4 Å². The third-order valence-corrected chi connectivity index (χ3v) is 4.74. The van der Waals surface area contributed by atoms with Gasteiger partial charge in [-0.05, 0) is 61.4 Å². The molecule has 2 aromatic carbocycles. The molecule has 1 fully saturated rings. The molecule has 1 saturated heterocycles. The van der Waals surface area contributed by atoms with Crippen molar-refractivity contribution in [1.29, 1.82) is 5.41 Å². The van der Waals surface area contributed by atoms with Crippen molar-refractivity contribution >= 4 is 23.4 Å². The predicted molar refractivity (Wildman–Crippen MR) is 111 cm³/mol. The molecule has 7 nitrogen and oxygen atoms in total. The fourth-order valence-corrected chi connectivity index (χ4v) is 3.19. The largest absolute Gasteiger partial charge is 0.480 e. The fraction of sp³-hybridized carbons (Fsp3) is 0.227. The van der Waals surface area contributed by atoms with E-state index in [1.165, 1.54) is 4.90 Å². The number of carbonyl (C=O) groups is 2. The number of carboxylic acids is 1. The summed E-state index contributed by atoms with van der Waals surface area (Å²) in [5.41, 5.74) is 8.21. The highest BCUT2D eigenvalue weighted by atomic mass is 16.4. The van der Waals surface area contributed by atoms with Crippen molar-refractivity contribution in [2.75, 3.05) is 18.4 Å². The van der Waals surface area contributed by atoms with Gasteiger partial charge in [0.15, 0.2) is 0 Å². The van der Waals surface area contributed by atoms with Gasteiger partial charge in [-0.3, -0.25) is 10.2 Å². The van der Waals surface area contributed by atoms with Crippen molar-refractivity contribution in [3.05, 3.63) is 65.2 Å². The van der Waals surface area contributed by atoms with Gasteiger partial charge in [0.05, 0.1) is 6.54 Å². The SMILES string of the molecule is N=C(N)c1ccc(NCC#Cc2ccc(C(=O)N3CCCC3C(=O)O)cc2)cc1. The van der Waals surface area contributed by atoms with Crippen LogP contribution in [0.4, 0.5) is 5.69 Å². The summed E-state index contributed by atoms with van der Waals surface area (Å²) in [6.07, 6.45) is 1.20. The van der Waals surface area contributed by atoms with Crippen molar-refractivity contribution in [2.45, 2.75) is 18.9 Å². The number of aliphatic carboxylic acids is 1. The Labute approximate surface area is 169 Å². The minimum Gasteiger partial charge on any atom is -0.480 e. The first-order valence-electron chi connectivity index (χ1n) is 9.27. The highest BCUT2D eigenvalue weighted by Crippen LogP contribution is 2.20. The number of carbonyl (C=O) groups excluding carboxylic acids is 1. The van der Waals surface area contributed by atoms with Crippen LogP contribution in [0.25, 0.3) is 0 Å². The summed E-state index contributed by atoms with van der Waals surface area (Å²) in [7, 11) is 0. The minimum absolute atomic E-state index is 0.0292. The number of benzene rings is 2. The maximum Gasteiger partial charge on any atom is 0.326 e. The second-order valence-electron chi connectivity index (χ2n) is 6.72. The quantitative estimate of drug-likeness (QED) is 0.354. The summed E-state index contributed by atoms with van der Waals surface area (Å²) in [6.45, 7) is 0.907. The van der Waals surface area contributed by atoms with E-state index >= 15 is 0 Å². The van der Waals surface area contributed by atoms with E-state index in [2.05, 4.69) is 17.2 Å². The van der Waals surface area contributed by atoms with Gasteiger partial charge in [0, 0.05) is 28.9 Å². The molecule has 0 spiro atoms. The van der Waals surface area contributed by atoms with E-state index in [-0.39, 0.29) is 11.7 Å². The summed E-state index contributed by atoms with van der Waals surface area (Å²) in [5.74, 6) is 4.85. The number of likely N-dealkylation sites (tertiary alicyclic amines) is 1. The summed E-state index contributed by atoms with van der Waals surface area (Å²) < 4.78 is 0.